The fourth-order valence-corrected chi connectivity index (χ4v) is 3.55. The van der Waals surface area contributed by atoms with Crippen molar-refractivity contribution in [3.8, 4) is 0 Å². The number of rotatable bonds is 1. The molecule has 1 aromatic heterocycles. The third-order valence-electron chi connectivity index (χ3n) is 4.49. The van der Waals surface area contributed by atoms with E-state index in [0.29, 0.717) is 17.4 Å². The van der Waals surface area contributed by atoms with Crippen LogP contribution >= 0.6 is 11.6 Å². The van der Waals surface area contributed by atoms with Gasteiger partial charge < -0.3 is 4.90 Å². The molecule has 3 nitrogen and oxygen atoms in total. The zero-order chi connectivity index (χ0) is 14.4. The fraction of sp³-hybridized carbons (Fsp3) is 0.294. The molecule has 0 N–H and O–H groups in total. The van der Waals surface area contributed by atoms with Gasteiger partial charge in [-0.3, -0.25) is 9.78 Å². The van der Waals surface area contributed by atoms with E-state index < -0.39 is 0 Å². The van der Waals surface area contributed by atoms with E-state index in [-0.39, 0.29) is 5.92 Å². The predicted molar refractivity (Wildman–Crippen MR) is 84.0 cm³/mol. The molecule has 106 valence electrons. The maximum atomic E-state index is 11.8. The first-order valence-electron chi connectivity index (χ1n) is 7.24. The summed E-state index contributed by atoms with van der Waals surface area (Å²) in [5.41, 5.74) is 3.22. The molecular weight excluding hydrogens is 284 g/mol. The third-order valence-corrected chi connectivity index (χ3v) is 4.79. The van der Waals surface area contributed by atoms with E-state index in [2.05, 4.69) is 16.0 Å². The topological polar surface area (TPSA) is 33.2 Å². The molecule has 2 bridgehead atoms. The van der Waals surface area contributed by atoms with Crippen LogP contribution in [0.5, 0.6) is 0 Å². The number of piperidine rings is 3. The van der Waals surface area contributed by atoms with Gasteiger partial charge in [-0.25, -0.2) is 0 Å². The minimum atomic E-state index is 0.220. The molecule has 2 aromatic rings. The van der Waals surface area contributed by atoms with Gasteiger partial charge in [0, 0.05) is 29.7 Å². The molecule has 21 heavy (non-hydrogen) atoms. The van der Waals surface area contributed by atoms with Crippen molar-refractivity contribution in [3.63, 3.8) is 0 Å². The van der Waals surface area contributed by atoms with Gasteiger partial charge in [0.1, 0.15) is 0 Å². The van der Waals surface area contributed by atoms with Crippen molar-refractivity contribution < 1.29 is 4.79 Å². The lowest BCUT2D eigenvalue weighted by Crippen LogP contribution is -2.46. The Kier molecular flexibility index (Phi) is 2.96. The molecule has 3 aliphatic heterocycles. The number of pyridine rings is 1. The number of benzene rings is 1. The van der Waals surface area contributed by atoms with E-state index in [4.69, 9.17) is 11.6 Å². The van der Waals surface area contributed by atoms with Crippen molar-refractivity contribution in [2.75, 3.05) is 13.1 Å². The van der Waals surface area contributed by atoms with Crippen LogP contribution in [-0.2, 0) is 4.79 Å². The molecule has 0 amide bonds. The Bertz CT molecular complexity index is 768. The monoisotopic (exact) mass is 298 g/mol. The van der Waals surface area contributed by atoms with Crippen LogP contribution in [0.4, 0.5) is 0 Å². The molecule has 4 heterocycles. The fourth-order valence-electron chi connectivity index (χ4n) is 3.33. The van der Waals surface area contributed by atoms with E-state index in [1.165, 1.54) is 5.70 Å². The van der Waals surface area contributed by atoms with Crippen molar-refractivity contribution in [3.05, 3.63) is 46.7 Å². The molecule has 0 spiro atoms. The van der Waals surface area contributed by atoms with Gasteiger partial charge in [0.15, 0.2) is 5.78 Å². The highest BCUT2D eigenvalue weighted by Gasteiger charge is 2.35. The molecule has 3 fully saturated rings. The molecule has 0 radical (unpaired) electrons. The maximum Gasteiger partial charge on any atom is 0.155 e. The van der Waals surface area contributed by atoms with Gasteiger partial charge in [0.25, 0.3) is 0 Å². The van der Waals surface area contributed by atoms with Crippen LogP contribution in [0.15, 0.2) is 36.2 Å². The molecule has 0 saturated carbocycles. The van der Waals surface area contributed by atoms with E-state index in [9.17, 15) is 4.79 Å². The average molecular weight is 299 g/mol. The molecule has 5 rings (SSSR count). The second-order valence-corrected chi connectivity index (χ2v) is 6.16. The Labute approximate surface area is 128 Å². The third kappa shape index (κ3) is 2.12. The smallest absolute Gasteiger partial charge is 0.155 e. The highest BCUT2D eigenvalue weighted by Crippen LogP contribution is 2.34. The molecular formula is C17H15ClN2O. The predicted octanol–water partition coefficient (Wildman–Crippen LogP) is 3.52. The molecule has 0 aliphatic carbocycles. The summed E-state index contributed by atoms with van der Waals surface area (Å²) in [6.07, 6.45) is 5.85. The number of hydrogen-bond acceptors (Lipinski definition) is 3. The SMILES string of the molecule is O=C1CN2CC[C@@H]1C/C2=C\c1ccnc2c(Cl)cccc12. The van der Waals surface area contributed by atoms with E-state index in [0.717, 1.165) is 35.9 Å². The summed E-state index contributed by atoms with van der Waals surface area (Å²) >= 11 is 6.22. The largest absolute Gasteiger partial charge is 0.367 e. The Morgan fingerprint density at radius 1 is 1.33 bits per heavy atom. The number of halogens is 1. The Hall–Kier alpha value is -1.87. The first kappa shape index (κ1) is 12.8. The lowest BCUT2D eigenvalue weighted by Gasteiger charge is -2.41. The summed E-state index contributed by atoms with van der Waals surface area (Å²) in [7, 11) is 0. The van der Waals surface area contributed by atoms with Gasteiger partial charge in [-0.15, -0.1) is 0 Å². The van der Waals surface area contributed by atoms with E-state index in [1.807, 2.05) is 24.3 Å². The van der Waals surface area contributed by atoms with Crippen molar-refractivity contribution in [1.82, 2.24) is 9.88 Å². The highest BCUT2D eigenvalue weighted by molar-refractivity contribution is 6.35. The summed E-state index contributed by atoms with van der Waals surface area (Å²) in [5, 5.41) is 1.74. The van der Waals surface area contributed by atoms with Crippen molar-refractivity contribution in [2.24, 2.45) is 5.92 Å². The number of carbonyl (C=O) groups is 1. The number of carbonyl (C=O) groups excluding carboxylic acids is 1. The summed E-state index contributed by atoms with van der Waals surface area (Å²) in [4.78, 5) is 18.4. The van der Waals surface area contributed by atoms with Gasteiger partial charge in [0.05, 0.1) is 17.1 Å². The molecule has 3 saturated heterocycles. The van der Waals surface area contributed by atoms with Crippen LogP contribution in [0.1, 0.15) is 18.4 Å². The average Bonchev–Trinajstić information content (AvgIpc) is 2.50. The normalized spacial score (nSPS) is 23.3. The maximum absolute atomic E-state index is 11.8. The quantitative estimate of drug-likeness (QED) is 0.807. The van der Waals surface area contributed by atoms with Gasteiger partial charge >= 0.3 is 0 Å². The summed E-state index contributed by atoms with van der Waals surface area (Å²) < 4.78 is 0. The van der Waals surface area contributed by atoms with Crippen molar-refractivity contribution in [2.45, 2.75) is 12.8 Å². The van der Waals surface area contributed by atoms with Crippen LogP contribution in [0.2, 0.25) is 5.02 Å². The zero-order valence-corrected chi connectivity index (χ0v) is 12.3. The van der Waals surface area contributed by atoms with Gasteiger partial charge in [-0.05, 0) is 36.6 Å². The minimum absolute atomic E-state index is 0.220. The van der Waals surface area contributed by atoms with E-state index >= 15 is 0 Å². The Morgan fingerprint density at radius 3 is 3.00 bits per heavy atom. The van der Waals surface area contributed by atoms with Gasteiger partial charge in [0.2, 0.25) is 0 Å². The van der Waals surface area contributed by atoms with Crippen molar-refractivity contribution in [1.29, 1.82) is 0 Å². The standard InChI is InChI=1S/C17H15ClN2O/c18-15-3-1-2-14-11(4-6-19-17(14)15)8-13-9-12-5-7-20(13)10-16(12)21/h1-4,6,8,12H,5,7,9-10H2/b13-8+/t12-/m1/s1. The number of nitrogens with zero attached hydrogens (tertiary/aromatic N) is 2. The van der Waals surface area contributed by atoms with Crippen LogP contribution in [0.3, 0.4) is 0 Å². The Balaban J connectivity index is 1.80. The van der Waals surface area contributed by atoms with Crippen LogP contribution in [0.25, 0.3) is 17.0 Å². The van der Waals surface area contributed by atoms with Gasteiger partial charge in [-0.2, -0.15) is 0 Å². The summed E-state index contributed by atoms with van der Waals surface area (Å²) in [5.74, 6) is 0.610. The van der Waals surface area contributed by atoms with E-state index in [1.54, 1.807) is 6.20 Å². The first-order valence-corrected chi connectivity index (χ1v) is 7.61. The van der Waals surface area contributed by atoms with Crippen LogP contribution in [0, 0.1) is 5.92 Å². The van der Waals surface area contributed by atoms with Gasteiger partial charge in [-0.1, -0.05) is 23.7 Å². The first-order chi connectivity index (χ1) is 10.2. The number of para-hydroxylation sites is 1. The second-order valence-electron chi connectivity index (χ2n) is 5.75. The molecule has 1 aromatic carbocycles. The highest BCUT2D eigenvalue weighted by atomic mass is 35.5. The number of ketones is 1. The van der Waals surface area contributed by atoms with Crippen LogP contribution < -0.4 is 0 Å². The number of fused-ring (bicyclic) bond motifs is 4. The van der Waals surface area contributed by atoms with Crippen molar-refractivity contribution >= 4 is 34.4 Å². The minimum Gasteiger partial charge on any atom is -0.367 e. The lowest BCUT2D eigenvalue weighted by molar-refractivity contribution is -0.128. The molecule has 0 unspecified atom stereocenters. The number of hydrogen-bond donors (Lipinski definition) is 0. The summed E-state index contributed by atoms with van der Waals surface area (Å²) in [6, 6.07) is 7.86. The summed E-state index contributed by atoms with van der Waals surface area (Å²) in [6.45, 7) is 1.56. The van der Waals surface area contributed by atoms with Crippen LogP contribution in [-0.4, -0.2) is 28.8 Å². The lowest BCUT2D eigenvalue weighted by atomic mass is 9.84. The molecule has 4 heteroatoms. The Morgan fingerprint density at radius 2 is 2.24 bits per heavy atom. The molecule has 3 aliphatic rings. The zero-order valence-electron chi connectivity index (χ0n) is 11.6. The number of aromatic nitrogens is 1. The second kappa shape index (κ2) is 4.85. The number of Topliss-reactive ketones (excluding diaryl/α,β-unsaturated/α-hetero) is 1. The molecule has 1 atom stereocenters. The number of allylic oxidation sites excluding steroid dienone is 1.